The summed E-state index contributed by atoms with van der Waals surface area (Å²) in [5.41, 5.74) is 1.03. The molecule has 0 aliphatic carbocycles. The Bertz CT molecular complexity index is 791. The SMILES string of the molecule is COc1cccc(/C=C/C(=O)Nc2cc(C)ccc2F)c1OC(F)F. The fourth-order valence-electron chi connectivity index (χ4n) is 2.11. The van der Waals surface area contributed by atoms with E-state index < -0.39 is 18.3 Å². The zero-order valence-electron chi connectivity index (χ0n) is 13.6. The minimum absolute atomic E-state index is 0.0318. The number of anilines is 1. The lowest BCUT2D eigenvalue weighted by Crippen LogP contribution is -2.09. The van der Waals surface area contributed by atoms with Gasteiger partial charge in [-0.1, -0.05) is 18.2 Å². The van der Waals surface area contributed by atoms with Crippen molar-refractivity contribution in [3.05, 3.63) is 59.4 Å². The smallest absolute Gasteiger partial charge is 0.387 e. The summed E-state index contributed by atoms with van der Waals surface area (Å²) < 4.78 is 48.2. The van der Waals surface area contributed by atoms with Gasteiger partial charge in [-0.05, 0) is 36.8 Å². The van der Waals surface area contributed by atoms with E-state index in [0.29, 0.717) is 0 Å². The Balaban J connectivity index is 2.20. The van der Waals surface area contributed by atoms with E-state index in [1.165, 1.54) is 37.5 Å². The first-order chi connectivity index (χ1) is 11.9. The zero-order chi connectivity index (χ0) is 18.4. The molecule has 0 heterocycles. The molecule has 0 aromatic heterocycles. The fraction of sp³-hybridized carbons (Fsp3) is 0.167. The van der Waals surface area contributed by atoms with Gasteiger partial charge in [0.05, 0.1) is 12.8 Å². The first-order valence-electron chi connectivity index (χ1n) is 7.27. The number of hydrogen-bond donors (Lipinski definition) is 1. The van der Waals surface area contributed by atoms with E-state index in [0.717, 1.165) is 11.6 Å². The van der Waals surface area contributed by atoms with Gasteiger partial charge in [-0.3, -0.25) is 4.79 Å². The number of amides is 1. The molecule has 0 saturated carbocycles. The van der Waals surface area contributed by atoms with Crippen LogP contribution in [0.15, 0.2) is 42.5 Å². The highest BCUT2D eigenvalue weighted by Gasteiger charge is 2.14. The molecule has 0 fully saturated rings. The van der Waals surface area contributed by atoms with Crippen LogP contribution in [-0.4, -0.2) is 19.6 Å². The molecule has 2 aromatic carbocycles. The van der Waals surface area contributed by atoms with E-state index in [1.807, 2.05) is 0 Å². The number of methoxy groups -OCH3 is 1. The zero-order valence-corrected chi connectivity index (χ0v) is 13.6. The van der Waals surface area contributed by atoms with Crippen LogP contribution in [0, 0.1) is 12.7 Å². The second kappa shape index (κ2) is 8.23. The van der Waals surface area contributed by atoms with Crippen LogP contribution in [0.5, 0.6) is 11.5 Å². The summed E-state index contributed by atoms with van der Waals surface area (Å²) in [6, 6.07) is 8.80. The largest absolute Gasteiger partial charge is 0.493 e. The van der Waals surface area contributed by atoms with Crippen molar-refractivity contribution >= 4 is 17.7 Å². The third-order valence-electron chi connectivity index (χ3n) is 3.23. The number of carbonyl (C=O) groups excluding carboxylic acids is 1. The van der Waals surface area contributed by atoms with Crippen molar-refractivity contribution in [2.24, 2.45) is 0 Å². The van der Waals surface area contributed by atoms with Gasteiger partial charge in [0.1, 0.15) is 5.82 Å². The van der Waals surface area contributed by atoms with Crippen LogP contribution >= 0.6 is 0 Å². The van der Waals surface area contributed by atoms with Crippen LogP contribution in [0.2, 0.25) is 0 Å². The molecule has 2 rings (SSSR count). The topological polar surface area (TPSA) is 47.6 Å². The third-order valence-corrected chi connectivity index (χ3v) is 3.23. The predicted octanol–water partition coefficient (Wildman–Crippen LogP) is 4.40. The summed E-state index contributed by atoms with van der Waals surface area (Å²) in [5.74, 6) is -1.27. The number of carbonyl (C=O) groups is 1. The Morgan fingerprint density at radius 1 is 1.24 bits per heavy atom. The summed E-state index contributed by atoms with van der Waals surface area (Å²) >= 11 is 0. The van der Waals surface area contributed by atoms with Crippen LogP contribution in [0.1, 0.15) is 11.1 Å². The molecule has 4 nitrogen and oxygen atoms in total. The van der Waals surface area contributed by atoms with Crippen LogP contribution in [0.4, 0.5) is 18.9 Å². The van der Waals surface area contributed by atoms with Crippen molar-refractivity contribution in [3.63, 3.8) is 0 Å². The number of aryl methyl sites for hydroxylation is 1. The minimum Gasteiger partial charge on any atom is -0.493 e. The average molecular weight is 351 g/mol. The molecule has 0 aliphatic rings. The van der Waals surface area contributed by atoms with E-state index in [-0.39, 0.29) is 22.7 Å². The number of alkyl halides is 2. The van der Waals surface area contributed by atoms with E-state index in [4.69, 9.17) is 4.74 Å². The number of rotatable bonds is 6. The molecular formula is C18H16F3NO3. The van der Waals surface area contributed by atoms with Gasteiger partial charge in [0.15, 0.2) is 11.5 Å². The molecule has 132 valence electrons. The summed E-state index contributed by atoms with van der Waals surface area (Å²) in [7, 11) is 1.31. The quantitative estimate of drug-likeness (QED) is 0.785. The molecule has 25 heavy (non-hydrogen) atoms. The van der Waals surface area contributed by atoms with Crippen LogP contribution in [0.25, 0.3) is 6.08 Å². The Morgan fingerprint density at radius 2 is 2.00 bits per heavy atom. The highest BCUT2D eigenvalue weighted by atomic mass is 19.3. The number of halogens is 3. The van der Waals surface area contributed by atoms with Gasteiger partial charge in [0.2, 0.25) is 5.91 Å². The fourth-order valence-corrected chi connectivity index (χ4v) is 2.11. The average Bonchev–Trinajstić information content (AvgIpc) is 2.56. The molecule has 1 N–H and O–H groups in total. The second-order valence-corrected chi connectivity index (χ2v) is 5.06. The predicted molar refractivity (Wildman–Crippen MR) is 88.4 cm³/mol. The van der Waals surface area contributed by atoms with Crippen molar-refractivity contribution in [1.29, 1.82) is 0 Å². The lowest BCUT2D eigenvalue weighted by molar-refractivity contribution is -0.111. The Morgan fingerprint density at radius 3 is 2.68 bits per heavy atom. The molecule has 7 heteroatoms. The number of ether oxygens (including phenoxy) is 2. The number of hydrogen-bond acceptors (Lipinski definition) is 3. The van der Waals surface area contributed by atoms with E-state index in [9.17, 15) is 18.0 Å². The maximum atomic E-state index is 13.6. The molecule has 0 atom stereocenters. The van der Waals surface area contributed by atoms with Gasteiger partial charge in [0.25, 0.3) is 0 Å². The van der Waals surface area contributed by atoms with Crippen LogP contribution < -0.4 is 14.8 Å². The van der Waals surface area contributed by atoms with Crippen molar-refractivity contribution in [2.45, 2.75) is 13.5 Å². The molecule has 0 spiro atoms. The maximum absolute atomic E-state index is 13.6. The molecule has 0 aliphatic heterocycles. The third kappa shape index (κ3) is 5.00. The maximum Gasteiger partial charge on any atom is 0.387 e. The summed E-state index contributed by atoms with van der Waals surface area (Å²) in [6.07, 6.45) is 2.37. The Kier molecular flexibility index (Phi) is 6.05. The molecule has 1 amide bonds. The van der Waals surface area contributed by atoms with Crippen LogP contribution in [0.3, 0.4) is 0 Å². The summed E-state index contributed by atoms with van der Waals surface area (Å²) in [5, 5.41) is 2.39. The number of benzene rings is 2. The van der Waals surface area contributed by atoms with Gasteiger partial charge < -0.3 is 14.8 Å². The summed E-state index contributed by atoms with van der Waals surface area (Å²) in [6.45, 7) is -1.28. The highest BCUT2D eigenvalue weighted by Crippen LogP contribution is 2.33. The van der Waals surface area contributed by atoms with Gasteiger partial charge >= 0.3 is 6.61 Å². The standard InChI is InChI=1S/C18H16F3NO3/c1-11-6-8-13(19)14(10-11)22-16(23)9-7-12-4-3-5-15(24-2)17(12)25-18(20)21/h3-10,18H,1-2H3,(H,22,23)/b9-7+. The van der Waals surface area contributed by atoms with Gasteiger partial charge in [0, 0.05) is 11.6 Å². The van der Waals surface area contributed by atoms with Crippen LogP contribution in [-0.2, 0) is 4.79 Å². The monoisotopic (exact) mass is 351 g/mol. The molecular weight excluding hydrogens is 335 g/mol. The highest BCUT2D eigenvalue weighted by molar-refractivity contribution is 6.02. The number of nitrogens with one attached hydrogen (secondary N) is 1. The first-order valence-corrected chi connectivity index (χ1v) is 7.27. The Labute approximate surface area is 142 Å². The van der Waals surface area contributed by atoms with Gasteiger partial charge in [-0.15, -0.1) is 0 Å². The first kappa shape index (κ1) is 18.4. The van der Waals surface area contributed by atoms with E-state index in [1.54, 1.807) is 19.1 Å². The van der Waals surface area contributed by atoms with Gasteiger partial charge in [-0.2, -0.15) is 8.78 Å². The molecule has 0 bridgehead atoms. The van der Waals surface area contributed by atoms with Crippen molar-refractivity contribution in [3.8, 4) is 11.5 Å². The normalized spacial score (nSPS) is 11.0. The molecule has 0 radical (unpaired) electrons. The van der Waals surface area contributed by atoms with Crippen molar-refractivity contribution in [2.75, 3.05) is 12.4 Å². The van der Waals surface area contributed by atoms with E-state index >= 15 is 0 Å². The lowest BCUT2D eigenvalue weighted by atomic mass is 10.1. The molecule has 0 saturated heterocycles. The number of para-hydroxylation sites is 1. The second-order valence-electron chi connectivity index (χ2n) is 5.06. The molecule has 2 aromatic rings. The van der Waals surface area contributed by atoms with Crippen molar-refractivity contribution < 1.29 is 27.4 Å². The minimum atomic E-state index is -3.04. The van der Waals surface area contributed by atoms with Gasteiger partial charge in [-0.25, -0.2) is 4.39 Å². The molecule has 0 unspecified atom stereocenters. The van der Waals surface area contributed by atoms with Crippen molar-refractivity contribution in [1.82, 2.24) is 0 Å². The lowest BCUT2D eigenvalue weighted by Gasteiger charge is -2.12. The summed E-state index contributed by atoms with van der Waals surface area (Å²) in [4.78, 5) is 12.0. The Hall–Kier alpha value is -2.96. The van der Waals surface area contributed by atoms with E-state index in [2.05, 4.69) is 10.1 Å².